The lowest BCUT2D eigenvalue weighted by atomic mass is 10.2. The molecule has 9 heteroatoms. The molecule has 0 saturated carbocycles. The van der Waals surface area contributed by atoms with Crippen LogP contribution in [0.1, 0.15) is 26.7 Å². The van der Waals surface area contributed by atoms with Crippen molar-refractivity contribution in [3.05, 3.63) is 28.2 Å². The van der Waals surface area contributed by atoms with E-state index in [0.717, 1.165) is 0 Å². The Kier molecular flexibility index (Phi) is 5.42. The molecular weight excluding hydrogens is 399 g/mol. The number of thioether (sulfide) groups is 1. The highest BCUT2D eigenvalue weighted by atomic mass is 35.5. The monoisotopic (exact) mass is 416 g/mol. The first kappa shape index (κ1) is 19.3. The highest BCUT2D eigenvalue weighted by Crippen LogP contribution is 2.47. The number of nitrogens with one attached hydrogen (secondary N) is 1. The van der Waals surface area contributed by atoms with Crippen molar-refractivity contribution in [2.24, 2.45) is 0 Å². The number of carbonyl (C=O) groups is 3. The van der Waals surface area contributed by atoms with Gasteiger partial charge in [-0.3, -0.25) is 9.59 Å². The van der Waals surface area contributed by atoms with Crippen LogP contribution in [-0.2, 0) is 19.1 Å². The second-order valence-corrected chi connectivity index (χ2v) is 8.80. The number of ether oxygens (including phenoxy) is 1. The van der Waals surface area contributed by atoms with Gasteiger partial charge in [-0.2, -0.15) is 0 Å². The van der Waals surface area contributed by atoms with E-state index in [1.165, 1.54) is 13.0 Å². The van der Waals surface area contributed by atoms with Crippen molar-refractivity contribution >= 4 is 58.4 Å². The fourth-order valence-corrected chi connectivity index (χ4v) is 5.00. The molecule has 1 N–H and O–H groups in total. The molecule has 0 spiro atoms. The molecule has 0 radical (unpaired) electrons. The van der Waals surface area contributed by atoms with Crippen molar-refractivity contribution in [1.29, 1.82) is 0 Å². The van der Waals surface area contributed by atoms with Crippen LogP contribution in [0.4, 0.5) is 5.69 Å². The van der Waals surface area contributed by atoms with Crippen molar-refractivity contribution in [3.8, 4) is 0 Å². The van der Waals surface area contributed by atoms with Crippen LogP contribution in [0.15, 0.2) is 18.2 Å². The van der Waals surface area contributed by atoms with Crippen LogP contribution < -0.4 is 5.32 Å². The number of amides is 2. The van der Waals surface area contributed by atoms with Gasteiger partial charge in [0, 0.05) is 17.2 Å². The van der Waals surface area contributed by atoms with Gasteiger partial charge in [-0.25, -0.2) is 4.79 Å². The van der Waals surface area contributed by atoms with Gasteiger partial charge in [0.1, 0.15) is 6.04 Å². The Bertz CT molecular complexity index is 775. The van der Waals surface area contributed by atoms with Crippen LogP contribution in [0.25, 0.3) is 0 Å². The van der Waals surface area contributed by atoms with E-state index in [4.69, 9.17) is 27.9 Å². The summed E-state index contributed by atoms with van der Waals surface area (Å²) >= 11 is 13.4. The van der Waals surface area contributed by atoms with Crippen LogP contribution in [0.2, 0.25) is 10.0 Å². The maximum atomic E-state index is 12.5. The number of carbonyl (C=O) groups excluding carboxylic acids is 3. The van der Waals surface area contributed by atoms with E-state index in [2.05, 4.69) is 5.32 Å². The van der Waals surface area contributed by atoms with E-state index in [-0.39, 0.29) is 15.8 Å². The van der Waals surface area contributed by atoms with Gasteiger partial charge in [0.15, 0.2) is 6.10 Å². The predicted octanol–water partition coefficient (Wildman–Crippen LogP) is 3.32. The zero-order valence-corrected chi connectivity index (χ0v) is 16.6. The van der Waals surface area contributed by atoms with Crippen LogP contribution in [-0.4, -0.2) is 45.5 Å². The first-order chi connectivity index (χ1) is 12.2. The average Bonchev–Trinajstić information content (AvgIpc) is 3.06. The maximum absolute atomic E-state index is 12.5. The minimum absolute atomic E-state index is 0.0514. The van der Waals surface area contributed by atoms with Crippen molar-refractivity contribution in [1.82, 2.24) is 4.90 Å². The molecule has 2 fully saturated rings. The Morgan fingerprint density at radius 3 is 2.85 bits per heavy atom. The lowest BCUT2D eigenvalue weighted by Gasteiger charge is -2.29. The molecule has 2 saturated heterocycles. The first-order valence-electron chi connectivity index (χ1n) is 8.14. The van der Waals surface area contributed by atoms with Crippen LogP contribution in [0.5, 0.6) is 0 Å². The van der Waals surface area contributed by atoms with Gasteiger partial charge < -0.3 is 15.0 Å². The Balaban J connectivity index is 1.62. The van der Waals surface area contributed by atoms with Gasteiger partial charge in [-0.15, -0.1) is 11.8 Å². The van der Waals surface area contributed by atoms with Crippen molar-refractivity contribution in [3.63, 3.8) is 0 Å². The van der Waals surface area contributed by atoms with E-state index in [9.17, 15) is 14.4 Å². The number of fused-ring (bicyclic) bond motifs is 1. The minimum atomic E-state index is -1.02. The summed E-state index contributed by atoms with van der Waals surface area (Å²) in [4.78, 5) is 38.1. The number of rotatable bonds is 4. The molecule has 0 unspecified atom stereocenters. The van der Waals surface area contributed by atoms with Gasteiger partial charge in [-0.05, 0) is 38.5 Å². The number of halogens is 2. The standard InChI is InChI=1S/C17H18Cl2N2O4S/c1-9(15(23)20-12-4-3-10(18)7-11(12)19)25-16(24)13-8-26-17(2)6-5-14(22)21(13)17/h3-4,7,9,13H,5-6,8H2,1-2H3,(H,20,23)/t9-,13+,17+/m1/s1. The molecule has 1 aromatic carbocycles. The van der Waals surface area contributed by atoms with E-state index in [1.807, 2.05) is 6.92 Å². The normalized spacial score (nSPS) is 25.8. The molecule has 3 atom stereocenters. The average molecular weight is 417 g/mol. The topological polar surface area (TPSA) is 75.7 Å². The van der Waals surface area contributed by atoms with Gasteiger partial charge in [0.25, 0.3) is 5.91 Å². The molecule has 1 aromatic rings. The molecule has 2 heterocycles. The van der Waals surface area contributed by atoms with E-state index >= 15 is 0 Å². The number of esters is 1. The maximum Gasteiger partial charge on any atom is 0.330 e. The summed E-state index contributed by atoms with van der Waals surface area (Å²) in [5, 5.41) is 3.34. The number of benzene rings is 1. The van der Waals surface area contributed by atoms with Gasteiger partial charge in [-0.1, -0.05) is 23.2 Å². The zero-order chi connectivity index (χ0) is 19.1. The largest absolute Gasteiger partial charge is 0.451 e. The van der Waals surface area contributed by atoms with Crippen LogP contribution >= 0.6 is 35.0 Å². The molecule has 2 amide bonds. The summed E-state index contributed by atoms with van der Waals surface area (Å²) in [6.45, 7) is 3.43. The Morgan fingerprint density at radius 2 is 2.15 bits per heavy atom. The summed E-state index contributed by atoms with van der Waals surface area (Å²) in [5.74, 6) is -0.659. The van der Waals surface area contributed by atoms with E-state index in [1.54, 1.807) is 28.8 Å². The number of hydrogen-bond acceptors (Lipinski definition) is 5. The molecular formula is C17H18Cl2N2O4S. The van der Waals surface area contributed by atoms with Gasteiger partial charge in [0.05, 0.1) is 15.6 Å². The van der Waals surface area contributed by atoms with Crippen molar-refractivity contribution in [2.75, 3.05) is 11.1 Å². The van der Waals surface area contributed by atoms with Crippen LogP contribution in [0, 0.1) is 0 Å². The third kappa shape index (κ3) is 3.66. The molecule has 3 rings (SSSR count). The van der Waals surface area contributed by atoms with E-state index in [0.29, 0.717) is 29.3 Å². The quantitative estimate of drug-likeness (QED) is 0.761. The van der Waals surface area contributed by atoms with Gasteiger partial charge in [0.2, 0.25) is 5.91 Å². The number of nitrogens with zero attached hydrogens (tertiary/aromatic N) is 1. The molecule has 2 aliphatic heterocycles. The Hall–Kier alpha value is -1.44. The highest BCUT2D eigenvalue weighted by Gasteiger charge is 2.53. The fraction of sp³-hybridized carbons (Fsp3) is 0.471. The second-order valence-electron chi connectivity index (χ2n) is 6.46. The summed E-state index contributed by atoms with van der Waals surface area (Å²) in [6.07, 6.45) is 0.118. The lowest BCUT2D eigenvalue weighted by Crippen LogP contribution is -2.48. The van der Waals surface area contributed by atoms with Crippen LogP contribution in [0.3, 0.4) is 0 Å². The number of anilines is 1. The predicted molar refractivity (Wildman–Crippen MR) is 101 cm³/mol. The second kappa shape index (κ2) is 7.29. The summed E-state index contributed by atoms with van der Waals surface area (Å²) in [7, 11) is 0. The Morgan fingerprint density at radius 1 is 1.42 bits per heavy atom. The SMILES string of the molecule is C[C@@H](OC(=O)[C@@H]1CS[C@@]2(C)CCC(=O)N12)C(=O)Nc1ccc(Cl)cc1Cl. The van der Waals surface area contributed by atoms with Gasteiger partial charge >= 0.3 is 5.97 Å². The molecule has 2 aliphatic rings. The molecule has 6 nitrogen and oxygen atoms in total. The number of hydrogen-bond donors (Lipinski definition) is 1. The third-order valence-corrected chi connectivity index (χ3v) is 6.62. The summed E-state index contributed by atoms with van der Waals surface area (Å²) in [6, 6.07) is 4.01. The molecule has 26 heavy (non-hydrogen) atoms. The molecule has 0 bridgehead atoms. The zero-order valence-electron chi connectivity index (χ0n) is 14.3. The highest BCUT2D eigenvalue weighted by molar-refractivity contribution is 8.01. The fourth-order valence-electron chi connectivity index (χ4n) is 3.13. The molecule has 0 aromatic heterocycles. The minimum Gasteiger partial charge on any atom is -0.451 e. The molecule has 0 aliphatic carbocycles. The van der Waals surface area contributed by atoms with Crippen molar-refractivity contribution < 1.29 is 19.1 Å². The summed E-state index contributed by atoms with van der Waals surface area (Å²) < 4.78 is 5.31. The Labute approximate surface area is 165 Å². The van der Waals surface area contributed by atoms with Crippen molar-refractivity contribution in [2.45, 2.75) is 43.7 Å². The third-order valence-electron chi connectivity index (χ3n) is 4.57. The first-order valence-corrected chi connectivity index (χ1v) is 9.88. The lowest BCUT2D eigenvalue weighted by molar-refractivity contribution is -0.160. The summed E-state index contributed by atoms with van der Waals surface area (Å²) in [5.41, 5.74) is 0.377. The molecule has 140 valence electrons. The smallest absolute Gasteiger partial charge is 0.330 e. The van der Waals surface area contributed by atoms with E-state index < -0.39 is 24.0 Å².